The van der Waals surface area contributed by atoms with Crippen LogP contribution in [0.3, 0.4) is 0 Å². The van der Waals surface area contributed by atoms with E-state index in [9.17, 15) is 4.79 Å². The van der Waals surface area contributed by atoms with Crippen molar-refractivity contribution in [1.82, 2.24) is 0 Å². The van der Waals surface area contributed by atoms with Gasteiger partial charge in [0, 0.05) is 6.42 Å². The number of amides is 1. The van der Waals surface area contributed by atoms with Crippen molar-refractivity contribution >= 4 is 5.91 Å². The average Bonchev–Trinajstić information content (AvgIpc) is 3.05. The van der Waals surface area contributed by atoms with E-state index >= 15 is 0 Å². The normalized spacial score (nSPS) is 43.0. The first-order valence-electron chi connectivity index (χ1n) is 13.6. The summed E-state index contributed by atoms with van der Waals surface area (Å²) in [5, 5.41) is 0. The van der Waals surface area contributed by atoms with Crippen molar-refractivity contribution in [2.75, 3.05) is 0 Å². The van der Waals surface area contributed by atoms with Gasteiger partial charge in [0.2, 0.25) is 5.91 Å². The van der Waals surface area contributed by atoms with Crippen molar-refractivity contribution in [1.29, 1.82) is 0 Å². The fourth-order valence-electron chi connectivity index (χ4n) is 9.22. The van der Waals surface area contributed by atoms with Gasteiger partial charge in [-0.25, -0.2) is 0 Å². The molecule has 3 saturated carbocycles. The van der Waals surface area contributed by atoms with Crippen molar-refractivity contribution in [2.45, 2.75) is 112 Å². The van der Waals surface area contributed by atoms with E-state index in [2.05, 4.69) is 40.7 Å². The molecule has 4 rings (SSSR count). The van der Waals surface area contributed by atoms with Gasteiger partial charge in [-0.3, -0.25) is 4.79 Å². The molecule has 1 amide bonds. The van der Waals surface area contributed by atoms with Crippen LogP contribution in [0.1, 0.15) is 112 Å². The van der Waals surface area contributed by atoms with Gasteiger partial charge in [-0.2, -0.15) is 0 Å². The fraction of sp³-hybridized carbons (Fsp3) is 0.897. The van der Waals surface area contributed by atoms with Crippen molar-refractivity contribution in [3.63, 3.8) is 0 Å². The number of hydrogen-bond donors (Lipinski definition) is 1. The first kappa shape index (κ1) is 23.4. The highest BCUT2D eigenvalue weighted by Gasteiger charge is 2.59. The molecule has 4 aliphatic rings. The van der Waals surface area contributed by atoms with Crippen molar-refractivity contribution in [3.8, 4) is 0 Å². The third-order valence-corrected chi connectivity index (χ3v) is 10.9. The lowest BCUT2D eigenvalue weighted by atomic mass is 9.46. The van der Waals surface area contributed by atoms with Crippen molar-refractivity contribution in [3.05, 3.63) is 11.6 Å². The molecule has 0 aromatic rings. The third kappa shape index (κ3) is 4.26. The van der Waals surface area contributed by atoms with Crippen LogP contribution >= 0.6 is 0 Å². The van der Waals surface area contributed by atoms with E-state index in [1.165, 1.54) is 64.2 Å². The van der Waals surface area contributed by atoms with Gasteiger partial charge in [0.1, 0.15) is 0 Å². The Hall–Kier alpha value is -0.790. The highest BCUT2D eigenvalue weighted by molar-refractivity contribution is 5.74. The monoisotopic (exact) mass is 427 g/mol. The maximum Gasteiger partial charge on any atom is 0.217 e. The maximum atomic E-state index is 11.5. The van der Waals surface area contributed by atoms with Gasteiger partial charge in [0.15, 0.2) is 0 Å². The van der Waals surface area contributed by atoms with Gasteiger partial charge in [0.25, 0.3) is 0 Å². The molecule has 0 aliphatic heterocycles. The molecule has 4 aliphatic carbocycles. The van der Waals surface area contributed by atoms with E-state index in [1.807, 2.05) is 0 Å². The SMILES string of the molecule is CC(C)CCC[C@@H](C)[C@H]1CCC2C3CC=C4CC(CC(N)=O)CC[C@]4(C)C3CC[C@@]21C. The standard InChI is InChI=1S/C29H49NO/c1-19(2)7-6-8-20(3)24-11-12-25-23-10-9-22-17-21(18-27(30)31)13-15-28(22,4)26(23)14-16-29(24,25)5/h9,19-21,23-26H,6-8,10-18H2,1-5H3,(H2,30,31)/t20-,21?,23?,24-,25?,26?,28+,29-/m1/s1. The summed E-state index contributed by atoms with van der Waals surface area (Å²) >= 11 is 0. The average molecular weight is 428 g/mol. The van der Waals surface area contributed by atoms with Crippen LogP contribution in [0.25, 0.3) is 0 Å². The molecule has 176 valence electrons. The summed E-state index contributed by atoms with van der Waals surface area (Å²) in [5.41, 5.74) is 8.17. The van der Waals surface area contributed by atoms with Crippen LogP contribution in [0.4, 0.5) is 0 Å². The Kier molecular flexibility index (Phi) is 6.68. The van der Waals surface area contributed by atoms with Gasteiger partial charge < -0.3 is 5.73 Å². The van der Waals surface area contributed by atoms with Crippen molar-refractivity contribution in [2.24, 2.45) is 58.0 Å². The number of nitrogens with two attached hydrogens (primary N) is 1. The minimum absolute atomic E-state index is 0.115. The fourth-order valence-corrected chi connectivity index (χ4v) is 9.22. The predicted octanol–water partition coefficient (Wildman–Crippen LogP) is 7.52. The molecule has 0 heterocycles. The Morgan fingerprint density at radius 3 is 2.55 bits per heavy atom. The zero-order valence-corrected chi connectivity index (χ0v) is 21.1. The largest absolute Gasteiger partial charge is 0.370 e. The molecular formula is C29H49NO. The quantitative estimate of drug-likeness (QED) is 0.419. The molecule has 2 heteroatoms. The summed E-state index contributed by atoms with van der Waals surface area (Å²) < 4.78 is 0. The zero-order valence-electron chi connectivity index (χ0n) is 21.1. The van der Waals surface area contributed by atoms with E-state index < -0.39 is 0 Å². The molecule has 8 atom stereocenters. The van der Waals surface area contributed by atoms with Crippen LogP contribution in [-0.2, 0) is 4.79 Å². The molecule has 0 radical (unpaired) electrons. The molecule has 31 heavy (non-hydrogen) atoms. The summed E-state index contributed by atoms with van der Waals surface area (Å²) in [6, 6.07) is 0. The van der Waals surface area contributed by atoms with Crippen LogP contribution in [0.5, 0.6) is 0 Å². The molecule has 4 unspecified atom stereocenters. The van der Waals surface area contributed by atoms with E-state index in [-0.39, 0.29) is 5.91 Å². The Balaban J connectivity index is 1.47. The number of carbonyl (C=O) groups is 1. The smallest absolute Gasteiger partial charge is 0.217 e. The predicted molar refractivity (Wildman–Crippen MR) is 130 cm³/mol. The summed E-state index contributed by atoms with van der Waals surface area (Å²) in [7, 11) is 0. The number of hydrogen-bond acceptors (Lipinski definition) is 1. The van der Waals surface area contributed by atoms with Crippen molar-refractivity contribution < 1.29 is 4.79 Å². The van der Waals surface area contributed by atoms with Crippen LogP contribution in [0, 0.1) is 52.3 Å². The maximum absolute atomic E-state index is 11.5. The molecule has 0 aromatic carbocycles. The minimum atomic E-state index is -0.115. The third-order valence-electron chi connectivity index (χ3n) is 10.9. The second-order valence-corrected chi connectivity index (χ2v) is 13.1. The Morgan fingerprint density at radius 1 is 1.06 bits per heavy atom. The van der Waals surface area contributed by atoms with E-state index in [0.717, 1.165) is 41.9 Å². The molecule has 0 saturated heterocycles. The van der Waals surface area contributed by atoms with Gasteiger partial charge in [-0.05, 0) is 104 Å². The van der Waals surface area contributed by atoms with Crippen LogP contribution in [0.15, 0.2) is 11.6 Å². The molecule has 3 fully saturated rings. The molecule has 2 N–H and O–H groups in total. The number of primary amides is 1. The van der Waals surface area contributed by atoms with E-state index in [4.69, 9.17) is 5.73 Å². The highest BCUT2D eigenvalue weighted by atomic mass is 16.1. The number of allylic oxidation sites excluding steroid dienone is 2. The molecule has 2 nitrogen and oxygen atoms in total. The van der Waals surface area contributed by atoms with Gasteiger partial charge >= 0.3 is 0 Å². The lowest BCUT2D eigenvalue weighted by Crippen LogP contribution is -2.50. The Bertz CT molecular complexity index is 695. The summed E-state index contributed by atoms with van der Waals surface area (Å²) in [4.78, 5) is 11.5. The number of rotatable bonds is 7. The lowest BCUT2D eigenvalue weighted by Gasteiger charge is -2.58. The molecule has 0 aromatic heterocycles. The van der Waals surface area contributed by atoms with E-state index in [0.29, 0.717) is 23.2 Å². The summed E-state index contributed by atoms with van der Waals surface area (Å²) in [6.45, 7) is 12.6. The molecular weight excluding hydrogens is 378 g/mol. The number of carbonyl (C=O) groups excluding carboxylic acids is 1. The molecule has 0 bridgehead atoms. The van der Waals surface area contributed by atoms with E-state index in [1.54, 1.807) is 5.57 Å². The first-order valence-corrected chi connectivity index (χ1v) is 13.6. The summed E-state index contributed by atoms with van der Waals surface area (Å²) in [5.74, 6) is 5.75. The minimum Gasteiger partial charge on any atom is -0.370 e. The first-order chi connectivity index (χ1) is 14.6. The second-order valence-electron chi connectivity index (χ2n) is 13.1. The van der Waals surface area contributed by atoms with Gasteiger partial charge in [-0.1, -0.05) is 65.5 Å². The summed E-state index contributed by atoms with van der Waals surface area (Å²) in [6.07, 6.45) is 18.2. The number of fused-ring (bicyclic) bond motifs is 5. The Morgan fingerprint density at radius 2 is 1.84 bits per heavy atom. The van der Waals surface area contributed by atoms with Crippen LogP contribution in [-0.4, -0.2) is 5.91 Å². The van der Waals surface area contributed by atoms with Gasteiger partial charge in [-0.15, -0.1) is 0 Å². The topological polar surface area (TPSA) is 43.1 Å². The lowest BCUT2D eigenvalue weighted by molar-refractivity contribution is -0.119. The highest BCUT2D eigenvalue weighted by Crippen LogP contribution is 2.67. The van der Waals surface area contributed by atoms with Gasteiger partial charge in [0.05, 0.1) is 0 Å². The zero-order chi connectivity index (χ0) is 22.4. The Labute approximate surface area is 192 Å². The van der Waals surface area contributed by atoms with Crippen LogP contribution < -0.4 is 5.73 Å². The van der Waals surface area contributed by atoms with Crippen LogP contribution in [0.2, 0.25) is 0 Å². The second kappa shape index (κ2) is 8.86. The molecule has 0 spiro atoms.